The molecule has 0 bridgehead atoms. The Hall–Kier alpha value is -2.40. The minimum Gasteiger partial charge on any atom is -0.397 e. The maximum atomic E-state index is 12.6. The summed E-state index contributed by atoms with van der Waals surface area (Å²) in [6.07, 6.45) is 1.58. The van der Waals surface area contributed by atoms with Crippen LogP contribution >= 0.6 is 0 Å². The molecule has 20 heavy (non-hydrogen) atoms. The van der Waals surface area contributed by atoms with Gasteiger partial charge in [0.2, 0.25) is 0 Å². The zero-order valence-electron chi connectivity index (χ0n) is 11.3. The second kappa shape index (κ2) is 6.16. The van der Waals surface area contributed by atoms with E-state index in [1.165, 1.54) is 4.90 Å². The van der Waals surface area contributed by atoms with Crippen LogP contribution in [-0.2, 0) is 0 Å². The number of rotatable bonds is 4. The van der Waals surface area contributed by atoms with Crippen LogP contribution in [0.25, 0.3) is 0 Å². The molecule has 0 spiro atoms. The minimum absolute atomic E-state index is 0.147. The highest BCUT2D eigenvalue weighted by molar-refractivity contribution is 6.07. The number of aryl methyl sites for hydroxylation is 1. The SMILES string of the molecule is Cc1cccnc1C(=O)N(CCO)c1ccccc1N. The van der Waals surface area contributed by atoms with Gasteiger partial charge in [0, 0.05) is 12.7 Å². The Labute approximate surface area is 117 Å². The highest BCUT2D eigenvalue weighted by atomic mass is 16.3. The number of para-hydroxylation sites is 2. The number of carbonyl (C=O) groups excluding carboxylic acids is 1. The third kappa shape index (κ3) is 2.78. The Bertz CT molecular complexity index is 614. The molecule has 0 fully saturated rings. The smallest absolute Gasteiger partial charge is 0.277 e. The number of nitrogens with two attached hydrogens (primary N) is 1. The maximum absolute atomic E-state index is 12.6. The van der Waals surface area contributed by atoms with Gasteiger partial charge >= 0.3 is 0 Å². The summed E-state index contributed by atoms with van der Waals surface area (Å²) in [4.78, 5) is 18.2. The van der Waals surface area contributed by atoms with Crippen molar-refractivity contribution in [3.05, 3.63) is 53.9 Å². The first kappa shape index (κ1) is 14.0. The number of hydrogen-bond acceptors (Lipinski definition) is 4. The molecule has 0 saturated heterocycles. The largest absolute Gasteiger partial charge is 0.397 e. The predicted octanol–water partition coefficient (Wildman–Crippen LogP) is 1.61. The average molecular weight is 271 g/mol. The van der Waals surface area contributed by atoms with Gasteiger partial charge in [-0.2, -0.15) is 0 Å². The lowest BCUT2D eigenvalue weighted by Gasteiger charge is -2.23. The minimum atomic E-state index is -0.268. The van der Waals surface area contributed by atoms with Crippen molar-refractivity contribution in [2.24, 2.45) is 0 Å². The number of aliphatic hydroxyl groups excluding tert-OH is 1. The van der Waals surface area contributed by atoms with E-state index in [1.807, 2.05) is 13.0 Å². The van der Waals surface area contributed by atoms with E-state index in [0.29, 0.717) is 17.1 Å². The molecule has 0 aliphatic heterocycles. The molecule has 0 radical (unpaired) electrons. The maximum Gasteiger partial charge on any atom is 0.277 e. The van der Waals surface area contributed by atoms with Crippen molar-refractivity contribution in [3.8, 4) is 0 Å². The number of amides is 1. The van der Waals surface area contributed by atoms with Crippen LogP contribution in [0.3, 0.4) is 0 Å². The summed E-state index contributed by atoms with van der Waals surface area (Å²) >= 11 is 0. The van der Waals surface area contributed by atoms with Gasteiger partial charge in [-0.05, 0) is 30.7 Å². The van der Waals surface area contributed by atoms with E-state index in [4.69, 9.17) is 5.73 Å². The van der Waals surface area contributed by atoms with Crippen LogP contribution in [-0.4, -0.2) is 29.1 Å². The molecule has 1 aromatic carbocycles. The molecule has 0 unspecified atom stereocenters. The van der Waals surface area contributed by atoms with Gasteiger partial charge in [-0.1, -0.05) is 18.2 Å². The lowest BCUT2D eigenvalue weighted by molar-refractivity contribution is 0.0975. The molecular formula is C15H17N3O2. The molecule has 5 nitrogen and oxygen atoms in total. The van der Waals surface area contributed by atoms with Crippen LogP contribution in [0.5, 0.6) is 0 Å². The van der Waals surface area contributed by atoms with E-state index in [1.54, 1.807) is 36.5 Å². The molecule has 0 saturated carbocycles. The first-order valence-electron chi connectivity index (χ1n) is 6.34. The number of pyridine rings is 1. The second-order valence-electron chi connectivity index (χ2n) is 4.41. The summed E-state index contributed by atoms with van der Waals surface area (Å²) < 4.78 is 0. The van der Waals surface area contributed by atoms with Gasteiger partial charge in [0.05, 0.1) is 18.0 Å². The van der Waals surface area contributed by atoms with Crippen LogP contribution in [0.4, 0.5) is 11.4 Å². The molecule has 104 valence electrons. The van der Waals surface area contributed by atoms with Crippen molar-refractivity contribution in [2.45, 2.75) is 6.92 Å². The van der Waals surface area contributed by atoms with E-state index >= 15 is 0 Å². The molecule has 2 aromatic rings. The molecule has 5 heteroatoms. The molecule has 1 heterocycles. The zero-order chi connectivity index (χ0) is 14.5. The molecule has 0 atom stereocenters. The Morgan fingerprint density at radius 2 is 2.05 bits per heavy atom. The Kier molecular flexibility index (Phi) is 4.32. The van der Waals surface area contributed by atoms with Crippen molar-refractivity contribution in [3.63, 3.8) is 0 Å². The lowest BCUT2D eigenvalue weighted by Crippen LogP contribution is -2.35. The van der Waals surface area contributed by atoms with Crippen molar-refractivity contribution in [1.29, 1.82) is 0 Å². The zero-order valence-corrected chi connectivity index (χ0v) is 11.3. The van der Waals surface area contributed by atoms with Crippen molar-refractivity contribution in [1.82, 2.24) is 4.98 Å². The fourth-order valence-electron chi connectivity index (χ4n) is 2.00. The third-order valence-electron chi connectivity index (χ3n) is 3.01. The van der Waals surface area contributed by atoms with Crippen molar-refractivity contribution < 1.29 is 9.90 Å². The van der Waals surface area contributed by atoms with Crippen LogP contribution in [0.15, 0.2) is 42.6 Å². The van der Waals surface area contributed by atoms with Gasteiger partial charge in [-0.25, -0.2) is 0 Å². The van der Waals surface area contributed by atoms with Gasteiger partial charge in [-0.15, -0.1) is 0 Å². The van der Waals surface area contributed by atoms with E-state index in [0.717, 1.165) is 5.56 Å². The number of anilines is 2. The predicted molar refractivity (Wildman–Crippen MR) is 78.6 cm³/mol. The molecule has 0 aliphatic carbocycles. The highest BCUT2D eigenvalue weighted by Gasteiger charge is 2.21. The van der Waals surface area contributed by atoms with Crippen molar-refractivity contribution >= 4 is 17.3 Å². The van der Waals surface area contributed by atoms with Crippen LogP contribution in [0.2, 0.25) is 0 Å². The summed E-state index contributed by atoms with van der Waals surface area (Å²) in [6, 6.07) is 10.7. The third-order valence-corrected chi connectivity index (χ3v) is 3.01. The monoisotopic (exact) mass is 271 g/mol. The standard InChI is InChI=1S/C15H17N3O2/c1-11-5-4-8-17-14(11)15(20)18(9-10-19)13-7-3-2-6-12(13)16/h2-8,19H,9-10,16H2,1H3. The fraction of sp³-hybridized carbons (Fsp3) is 0.200. The second-order valence-corrected chi connectivity index (χ2v) is 4.41. The fourth-order valence-corrected chi connectivity index (χ4v) is 2.00. The molecule has 3 N–H and O–H groups in total. The highest BCUT2D eigenvalue weighted by Crippen LogP contribution is 2.24. The summed E-state index contributed by atoms with van der Waals surface area (Å²) in [7, 11) is 0. The first-order valence-corrected chi connectivity index (χ1v) is 6.34. The number of benzene rings is 1. The van der Waals surface area contributed by atoms with Crippen LogP contribution < -0.4 is 10.6 Å². The lowest BCUT2D eigenvalue weighted by atomic mass is 10.1. The van der Waals surface area contributed by atoms with Gasteiger partial charge in [0.15, 0.2) is 0 Å². The number of carbonyl (C=O) groups is 1. The summed E-state index contributed by atoms with van der Waals surface area (Å²) in [6.45, 7) is 1.85. The van der Waals surface area contributed by atoms with E-state index in [2.05, 4.69) is 4.98 Å². The van der Waals surface area contributed by atoms with Gasteiger partial charge in [0.25, 0.3) is 5.91 Å². The molecule has 1 amide bonds. The van der Waals surface area contributed by atoms with Crippen LogP contribution in [0, 0.1) is 6.92 Å². The normalized spacial score (nSPS) is 10.3. The number of nitrogen functional groups attached to an aromatic ring is 1. The number of aliphatic hydroxyl groups is 1. The number of nitrogens with zero attached hydrogens (tertiary/aromatic N) is 2. The summed E-state index contributed by atoms with van der Waals surface area (Å²) in [5, 5.41) is 9.20. The summed E-state index contributed by atoms with van der Waals surface area (Å²) in [5.41, 5.74) is 8.13. The van der Waals surface area contributed by atoms with Crippen molar-refractivity contribution in [2.75, 3.05) is 23.8 Å². The Morgan fingerprint density at radius 3 is 2.70 bits per heavy atom. The Morgan fingerprint density at radius 1 is 1.30 bits per heavy atom. The van der Waals surface area contributed by atoms with Gasteiger partial charge in [0.1, 0.15) is 5.69 Å². The first-order chi connectivity index (χ1) is 9.65. The van der Waals surface area contributed by atoms with Gasteiger partial charge in [-0.3, -0.25) is 9.78 Å². The van der Waals surface area contributed by atoms with Gasteiger partial charge < -0.3 is 15.7 Å². The molecule has 0 aliphatic rings. The van der Waals surface area contributed by atoms with E-state index < -0.39 is 0 Å². The topological polar surface area (TPSA) is 79.5 Å². The van der Waals surface area contributed by atoms with E-state index in [9.17, 15) is 9.90 Å². The number of aromatic nitrogens is 1. The summed E-state index contributed by atoms with van der Waals surface area (Å²) in [5.74, 6) is -0.268. The molecule has 1 aromatic heterocycles. The number of hydrogen-bond donors (Lipinski definition) is 2. The molecule has 2 rings (SSSR count). The average Bonchev–Trinajstić information content (AvgIpc) is 2.46. The quantitative estimate of drug-likeness (QED) is 0.828. The molecular weight excluding hydrogens is 254 g/mol. The van der Waals surface area contributed by atoms with E-state index in [-0.39, 0.29) is 19.1 Å². The van der Waals surface area contributed by atoms with Crippen LogP contribution in [0.1, 0.15) is 16.1 Å². The Balaban J connectivity index is 2.42.